The molecule has 0 aliphatic carbocycles. The van der Waals surface area contributed by atoms with E-state index >= 15 is 0 Å². The number of carbonyl (C=O) groups excluding carboxylic acids is 1. The van der Waals surface area contributed by atoms with Crippen molar-refractivity contribution in [3.05, 3.63) is 81.8 Å². The first-order chi connectivity index (χ1) is 14.0. The molecule has 0 saturated heterocycles. The maximum Gasteiger partial charge on any atom is 0.387 e. The quantitative estimate of drug-likeness (QED) is 0.525. The minimum atomic E-state index is -2.91. The summed E-state index contributed by atoms with van der Waals surface area (Å²) in [5, 5.41) is 5.73. The van der Waals surface area contributed by atoms with Gasteiger partial charge in [0, 0.05) is 17.4 Å². The van der Waals surface area contributed by atoms with Gasteiger partial charge in [0.15, 0.2) is 0 Å². The molecule has 0 radical (unpaired) electrons. The van der Waals surface area contributed by atoms with Crippen molar-refractivity contribution < 1.29 is 18.3 Å². The predicted octanol–water partition coefficient (Wildman–Crippen LogP) is 5.15. The minimum Gasteiger partial charge on any atom is -0.434 e. The summed E-state index contributed by atoms with van der Waals surface area (Å²) in [4.78, 5) is 17.1. The number of hydrogen-bond donors (Lipinski definition) is 1. The Kier molecular flexibility index (Phi) is 7.30. The molecular weight excluding hydrogens is 394 g/mol. The van der Waals surface area contributed by atoms with Gasteiger partial charge in [-0.3, -0.25) is 4.79 Å². The van der Waals surface area contributed by atoms with Crippen molar-refractivity contribution in [3.63, 3.8) is 0 Å². The third-order valence-electron chi connectivity index (χ3n) is 4.39. The van der Waals surface area contributed by atoms with Gasteiger partial charge in [0.25, 0.3) is 0 Å². The molecule has 3 aromatic rings. The summed E-state index contributed by atoms with van der Waals surface area (Å²) in [6, 6.07) is 16.1. The number of para-hydroxylation sites is 1. The number of nitrogens with one attached hydrogen (secondary N) is 1. The molecule has 1 heterocycles. The first kappa shape index (κ1) is 20.9. The van der Waals surface area contributed by atoms with Crippen LogP contribution in [0.1, 0.15) is 41.2 Å². The highest BCUT2D eigenvalue weighted by molar-refractivity contribution is 7.09. The van der Waals surface area contributed by atoms with Gasteiger partial charge in [-0.1, -0.05) is 55.5 Å². The van der Waals surface area contributed by atoms with E-state index in [4.69, 9.17) is 0 Å². The van der Waals surface area contributed by atoms with Crippen LogP contribution in [0.2, 0.25) is 0 Å². The normalized spacial score (nSPS) is 12.0. The molecular formula is C22H22F2N2O2S. The zero-order valence-corrected chi connectivity index (χ0v) is 16.8. The van der Waals surface area contributed by atoms with E-state index in [1.165, 1.54) is 23.0 Å². The highest BCUT2D eigenvalue weighted by atomic mass is 32.1. The summed E-state index contributed by atoms with van der Waals surface area (Å²) in [5.41, 5.74) is 2.40. The first-order valence-electron chi connectivity index (χ1n) is 9.35. The van der Waals surface area contributed by atoms with Gasteiger partial charge in [-0.05, 0) is 18.1 Å². The fourth-order valence-electron chi connectivity index (χ4n) is 3.06. The number of benzene rings is 2. The number of rotatable bonds is 9. The van der Waals surface area contributed by atoms with Crippen LogP contribution in [0.4, 0.5) is 8.78 Å². The minimum absolute atomic E-state index is 0.0773. The van der Waals surface area contributed by atoms with Gasteiger partial charge < -0.3 is 10.1 Å². The second-order valence-corrected chi connectivity index (χ2v) is 7.46. The number of carbonyl (C=O) groups is 1. The molecule has 7 heteroatoms. The Hall–Kier alpha value is -2.80. The summed E-state index contributed by atoms with van der Waals surface area (Å²) < 4.78 is 29.9. The predicted molar refractivity (Wildman–Crippen MR) is 109 cm³/mol. The lowest BCUT2D eigenvalue weighted by Crippen LogP contribution is -2.30. The Labute approximate surface area is 172 Å². The molecule has 0 aliphatic heterocycles. The van der Waals surface area contributed by atoms with Gasteiger partial charge >= 0.3 is 6.61 Å². The van der Waals surface area contributed by atoms with Crippen LogP contribution in [-0.2, 0) is 17.6 Å². The number of hydrogen-bond acceptors (Lipinski definition) is 4. The average Bonchev–Trinajstić information content (AvgIpc) is 3.13. The van der Waals surface area contributed by atoms with Crippen LogP contribution >= 0.6 is 11.3 Å². The van der Waals surface area contributed by atoms with Crippen LogP contribution in [-0.4, -0.2) is 17.5 Å². The van der Waals surface area contributed by atoms with E-state index in [1.54, 1.807) is 18.2 Å². The van der Waals surface area contributed by atoms with E-state index in [-0.39, 0.29) is 18.1 Å². The molecule has 152 valence electrons. The number of aromatic nitrogens is 1. The Bertz CT molecular complexity index is 931. The number of ether oxygens (including phenoxy) is 1. The number of alkyl halides is 2. The van der Waals surface area contributed by atoms with Crippen molar-refractivity contribution in [1.29, 1.82) is 0 Å². The molecule has 2 aromatic carbocycles. The van der Waals surface area contributed by atoms with Crippen LogP contribution in [0.25, 0.3) is 0 Å². The van der Waals surface area contributed by atoms with Gasteiger partial charge in [-0.25, -0.2) is 4.98 Å². The van der Waals surface area contributed by atoms with E-state index in [1.807, 2.05) is 42.6 Å². The van der Waals surface area contributed by atoms with Crippen molar-refractivity contribution in [1.82, 2.24) is 10.3 Å². The van der Waals surface area contributed by atoms with Crippen molar-refractivity contribution in [3.8, 4) is 5.75 Å². The second-order valence-electron chi connectivity index (χ2n) is 6.52. The molecule has 0 aliphatic rings. The molecule has 0 bridgehead atoms. The fourth-order valence-corrected chi connectivity index (χ4v) is 3.89. The zero-order valence-electron chi connectivity index (χ0n) is 16.0. The summed E-state index contributed by atoms with van der Waals surface area (Å²) in [6.07, 6.45) is 1.41. The number of amides is 1. The van der Waals surface area contributed by atoms with Crippen LogP contribution in [0, 0.1) is 0 Å². The molecule has 29 heavy (non-hydrogen) atoms. The molecule has 3 rings (SSSR count). The van der Waals surface area contributed by atoms with E-state index in [0.29, 0.717) is 17.7 Å². The van der Waals surface area contributed by atoms with Gasteiger partial charge in [0.2, 0.25) is 5.91 Å². The van der Waals surface area contributed by atoms with Gasteiger partial charge in [0.05, 0.1) is 23.2 Å². The lowest BCUT2D eigenvalue weighted by Gasteiger charge is -2.20. The Balaban J connectivity index is 1.63. The van der Waals surface area contributed by atoms with Crippen molar-refractivity contribution in [2.24, 2.45) is 0 Å². The maximum atomic E-state index is 12.7. The monoisotopic (exact) mass is 416 g/mol. The molecule has 1 atom stereocenters. The first-order valence-corrected chi connectivity index (χ1v) is 10.2. The summed E-state index contributed by atoms with van der Waals surface area (Å²) in [7, 11) is 0. The summed E-state index contributed by atoms with van der Waals surface area (Å²) >= 11 is 1.52. The highest BCUT2D eigenvalue weighted by Crippen LogP contribution is 2.28. The van der Waals surface area contributed by atoms with Crippen LogP contribution < -0.4 is 10.1 Å². The molecule has 1 amide bonds. The smallest absolute Gasteiger partial charge is 0.387 e. The standard InChI is InChI=1S/C22H22F2N2O2S/c1-2-18(17-10-6-7-11-19(17)28-22(23)24)26-20(27)13-16-14-29-21(25-16)12-15-8-4-3-5-9-15/h3-11,14,18,22H,2,12-13H2,1H3,(H,26,27). The molecule has 0 spiro atoms. The number of thiazole rings is 1. The van der Waals surface area contributed by atoms with E-state index < -0.39 is 12.7 Å². The summed E-state index contributed by atoms with van der Waals surface area (Å²) in [6.45, 7) is -1.03. The maximum absolute atomic E-state index is 12.7. The Morgan fingerprint density at radius 2 is 1.86 bits per heavy atom. The third-order valence-corrected chi connectivity index (χ3v) is 5.29. The summed E-state index contributed by atoms with van der Waals surface area (Å²) in [5.74, 6) is -0.131. The van der Waals surface area contributed by atoms with Crippen molar-refractivity contribution in [2.75, 3.05) is 0 Å². The SMILES string of the molecule is CCC(NC(=O)Cc1csc(Cc2ccccc2)n1)c1ccccc1OC(F)F. The molecule has 1 unspecified atom stereocenters. The van der Waals surface area contributed by atoms with E-state index in [2.05, 4.69) is 15.0 Å². The number of nitrogens with zero attached hydrogens (tertiary/aromatic N) is 1. The second kappa shape index (κ2) is 10.1. The molecule has 1 N–H and O–H groups in total. The Morgan fingerprint density at radius 1 is 1.14 bits per heavy atom. The average molecular weight is 416 g/mol. The van der Waals surface area contributed by atoms with E-state index in [9.17, 15) is 13.6 Å². The van der Waals surface area contributed by atoms with Gasteiger partial charge in [0.1, 0.15) is 5.75 Å². The molecule has 0 saturated carbocycles. The zero-order chi connectivity index (χ0) is 20.6. The lowest BCUT2D eigenvalue weighted by molar-refractivity contribution is -0.121. The molecule has 1 aromatic heterocycles. The van der Waals surface area contributed by atoms with Crippen molar-refractivity contribution in [2.45, 2.75) is 38.8 Å². The largest absolute Gasteiger partial charge is 0.434 e. The lowest BCUT2D eigenvalue weighted by atomic mass is 10.0. The molecule has 0 fully saturated rings. The van der Waals surface area contributed by atoms with Gasteiger partial charge in [-0.2, -0.15) is 8.78 Å². The molecule has 4 nitrogen and oxygen atoms in total. The third kappa shape index (κ3) is 6.09. The van der Waals surface area contributed by atoms with E-state index in [0.717, 1.165) is 11.4 Å². The van der Waals surface area contributed by atoms with Crippen LogP contribution in [0.5, 0.6) is 5.75 Å². The van der Waals surface area contributed by atoms with Gasteiger partial charge in [-0.15, -0.1) is 11.3 Å². The number of halogens is 2. The Morgan fingerprint density at radius 3 is 2.59 bits per heavy atom. The van der Waals surface area contributed by atoms with Crippen LogP contribution in [0.3, 0.4) is 0 Å². The fraction of sp³-hybridized carbons (Fsp3) is 0.273. The van der Waals surface area contributed by atoms with Crippen LogP contribution in [0.15, 0.2) is 60.0 Å². The highest BCUT2D eigenvalue weighted by Gasteiger charge is 2.19. The topological polar surface area (TPSA) is 51.2 Å². The van der Waals surface area contributed by atoms with Crippen molar-refractivity contribution >= 4 is 17.2 Å².